The van der Waals surface area contributed by atoms with Crippen LogP contribution in [0.15, 0.2) is 35.7 Å². The molecule has 2 amide bonds. The molecule has 0 spiro atoms. The van der Waals surface area contributed by atoms with Crippen LogP contribution in [0.4, 0.5) is 0 Å². The van der Waals surface area contributed by atoms with Crippen LogP contribution in [0.25, 0.3) is 0 Å². The highest BCUT2D eigenvalue weighted by atomic mass is 32.2. The molecule has 0 bridgehead atoms. The smallest absolute Gasteiger partial charge is 0.254 e. The molecule has 0 radical (unpaired) electrons. The maximum absolute atomic E-state index is 13.2. The number of nitrogens with zero attached hydrogens (tertiary/aromatic N) is 3. The number of thioether (sulfide) groups is 1. The van der Waals surface area contributed by atoms with Crippen molar-refractivity contribution in [2.24, 2.45) is 5.92 Å². The van der Waals surface area contributed by atoms with Gasteiger partial charge in [-0.15, -0.1) is 0 Å². The zero-order valence-corrected chi connectivity index (χ0v) is 18.0. The van der Waals surface area contributed by atoms with E-state index in [-0.39, 0.29) is 23.8 Å². The molecule has 2 heterocycles. The molecule has 8 heteroatoms. The van der Waals surface area contributed by atoms with Gasteiger partial charge in [-0.1, -0.05) is 49.2 Å². The van der Waals surface area contributed by atoms with E-state index in [1.807, 2.05) is 29.2 Å². The quantitative estimate of drug-likeness (QED) is 0.690. The Kier molecular flexibility index (Phi) is 7.04. The van der Waals surface area contributed by atoms with Gasteiger partial charge in [0.05, 0.1) is 0 Å². The van der Waals surface area contributed by atoms with Crippen molar-refractivity contribution in [2.45, 2.75) is 61.9 Å². The predicted octanol–water partition coefficient (Wildman–Crippen LogP) is 3.40. The fraction of sp³-hybridized carbons (Fsp3) is 0.545. The lowest BCUT2D eigenvalue weighted by atomic mass is 9.88. The van der Waals surface area contributed by atoms with Crippen LogP contribution in [0.3, 0.4) is 0 Å². The zero-order chi connectivity index (χ0) is 20.8. The molecule has 1 aliphatic carbocycles. The lowest BCUT2D eigenvalue weighted by Crippen LogP contribution is -2.48. The maximum Gasteiger partial charge on any atom is 0.254 e. The number of aromatic nitrogens is 3. The second kappa shape index (κ2) is 10.1. The normalized spacial score (nSPS) is 18.3. The van der Waals surface area contributed by atoms with Crippen molar-refractivity contribution < 1.29 is 9.59 Å². The summed E-state index contributed by atoms with van der Waals surface area (Å²) in [4.78, 5) is 31.7. The number of nitrogens with one attached hydrogen (secondary N) is 2. The Balaban J connectivity index is 1.30. The minimum absolute atomic E-state index is 0.0702. The number of amides is 2. The third-order valence-electron chi connectivity index (χ3n) is 6.11. The van der Waals surface area contributed by atoms with E-state index in [4.69, 9.17) is 0 Å². The Bertz CT molecular complexity index is 843. The SMILES string of the molecule is O=C(NC1CCN(C(=O)c2ccccc2CSc2ncn[nH]2)CC1)C1CCCCC1. The summed E-state index contributed by atoms with van der Waals surface area (Å²) >= 11 is 1.53. The molecule has 7 nitrogen and oxygen atoms in total. The Morgan fingerprint density at radius 1 is 1.10 bits per heavy atom. The van der Waals surface area contributed by atoms with Crippen molar-refractivity contribution in [1.29, 1.82) is 0 Å². The summed E-state index contributed by atoms with van der Waals surface area (Å²) in [5, 5.41) is 10.7. The van der Waals surface area contributed by atoms with Crippen LogP contribution in [0, 0.1) is 5.92 Å². The molecule has 2 aromatic rings. The van der Waals surface area contributed by atoms with Gasteiger partial charge in [-0.3, -0.25) is 14.7 Å². The molecule has 2 N–H and O–H groups in total. The molecule has 1 aromatic carbocycles. The van der Waals surface area contributed by atoms with Gasteiger partial charge in [0.15, 0.2) is 5.16 Å². The van der Waals surface area contributed by atoms with E-state index in [9.17, 15) is 9.59 Å². The van der Waals surface area contributed by atoms with Crippen LogP contribution in [0.1, 0.15) is 60.9 Å². The number of carbonyl (C=O) groups is 2. The number of carbonyl (C=O) groups excluding carboxylic acids is 2. The van der Waals surface area contributed by atoms with Gasteiger partial charge in [0.1, 0.15) is 6.33 Å². The van der Waals surface area contributed by atoms with Gasteiger partial charge >= 0.3 is 0 Å². The van der Waals surface area contributed by atoms with Crippen molar-refractivity contribution in [1.82, 2.24) is 25.4 Å². The highest BCUT2D eigenvalue weighted by Crippen LogP contribution is 2.25. The molecule has 0 atom stereocenters. The zero-order valence-electron chi connectivity index (χ0n) is 17.2. The topological polar surface area (TPSA) is 91.0 Å². The van der Waals surface area contributed by atoms with E-state index in [0.29, 0.717) is 18.8 Å². The van der Waals surface area contributed by atoms with Crippen LogP contribution in [-0.2, 0) is 10.5 Å². The molecule has 2 aliphatic rings. The average Bonchev–Trinajstić information content (AvgIpc) is 3.32. The number of hydrogen-bond donors (Lipinski definition) is 2. The third-order valence-corrected chi connectivity index (χ3v) is 7.04. The summed E-state index contributed by atoms with van der Waals surface area (Å²) in [5.41, 5.74) is 1.74. The highest BCUT2D eigenvalue weighted by Gasteiger charge is 2.28. The number of hydrogen-bond acceptors (Lipinski definition) is 5. The first-order chi connectivity index (χ1) is 14.7. The first-order valence-corrected chi connectivity index (χ1v) is 11.8. The number of rotatable bonds is 6. The predicted molar refractivity (Wildman–Crippen MR) is 116 cm³/mol. The molecule has 0 unspecified atom stereocenters. The Labute approximate surface area is 181 Å². The highest BCUT2D eigenvalue weighted by molar-refractivity contribution is 7.98. The van der Waals surface area contributed by atoms with Crippen LogP contribution in [-0.4, -0.2) is 51.0 Å². The first kappa shape index (κ1) is 20.9. The van der Waals surface area contributed by atoms with Gasteiger partial charge in [0, 0.05) is 36.4 Å². The summed E-state index contributed by atoms with van der Waals surface area (Å²) in [6.07, 6.45) is 8.74. The van der Waals surface area contributed by atoms with Gasteiger partial charge in [0.2, 0.25) is 5.91 Å². The fourth-order valence-corrected chi connectivity index (χ4v) is 5.13. The van der Waals surface area contributed by atoms with E-state index in [2.05, 4.69) is 20.5 Å². The van der Waals surface area contributed by atoms with Crippen LogP contribution < -0.4 is 5.32 Å². The molecule has 4 rings (SSSR count). The van der Waals surface area contributed by atoms with E-state index in [0.717, 1.165) is 42.0 Å². The molecule has 1 saturated heterocycles. The molecule has 30 heavy (non-hydrogen) atoms. The number of benzene rings is 1. The second-order valence-corrected chi connectivity index (χ2v) is 9.11. The fourth-order valence-electron chi connectivity index (χ4n) is 4.35. The molecular formula is C22H29N5O2S. The maximum atomic E-state index is 13.2. The largest absolute Gasteiger partial charge is 0.353 e. The molecular weight excluding hydrogens is 398 g/mol. The van der Waals surface area contributed by atoms with Gasteiger partial charge in [-0.25, -0.2) is 4.98 Å². The van der Waals surface area contributed by atoms with E-state index < -0.39 is 0 Å². The number of likely N-dealkylation sites (tertiary alicyclic amines) is 1. The molecule has 2 fully saturated rings. The van der Waals surface area contributed by atoms with E-state index in [1.54, 1.807) is 0 Å². The Morgan fingerprint density at radius 2 is 1.87 bits per heavy atom. The lowest BCUT2D eigenvalue weighted by Gasteiger charge is -2.34. The van der Waals surface area contributed by atoms with Gasteiger partial charge in [0.25, 0.3) is 5.91 Å². The summed E-state index contributed by atoms with van der Waals surface area (Å²) in [7, 11) is 0. The average molecular weight is 428 g/mol. The molecule has 160 valence electrons. The summed E-state index contributed by atoms with van der Waals surface area (Å²) in [6.45, 7) is 1.36. The van der Waals surface area contributed by atoms with Crippen molar-refractivity contribution in [2.75, 3.05) is 13.1 Å². The minimum Gasteiger partial charge on any atom is -0.353 e. The Hall–Kier alpha value is -2.35. The van der Waals surface area contributed by atoms with E-state index in [1.165, 1.54) is 37.4 Å². The van der Waals surface area contributed by atoms with Crippen LogP contribution in [0.2, 0.25) is 0 Å². The minimum atomic E-state index is 0.0702. The first-order valence-electron chi connectivity index (χ1n) is 10.9. The van der Waals surface area contributed by atoms with Crippen molar-refractivity contribution in [3.63, 3.8) is 0 Å². The second-order valence-electron chi connectivity index (χ2n) is 8.15. The molecule has 1 aromatic heterocycles. The van der Waals surface area contributed by atoms with E-state index >= 15 is 0 Å². The van der Waals surface area contributed by atoms with Crippen molar-refractivity contribution in [3.8, 4) is 0 Å². The third kappa shape index (κ3) is 5.22. The number of aromatic amines is 1. The summed E-state index contributed by atoms with van der Waals surface area (Å²) < 4.78 is 0. The number of piperidine rings is 1. The lowest BCUT2D eigenvalue weighted by molar-refractivity contribution is -0.126. The number of H-pyrrole nitrogens is 1. The standard InChI is InChI=1S/C22H29N5O2S/c28-20(16-6-2-1-3-7-16)25-18-10-12-27(13-11-18)21(29)19-9-5-4-8-17(19)14-30-22-23-15-24-26-22/h4-5,8-9,15-16,18H,1-3,6-7,10-14H2,(H,25,28)(H,23,24,26). The Morgan fingerprint density at radius 3 is 2.60 bits per heavy atom. The van der Waals surface area contributed by atoms with Crippen LogP contribution >= 0.6 is 11.8 Å². The van der Waals surface area contributed by atoms with Crippen molar-refractivity contribution in [3.05, 3.63) is 41.7 Å². The summed E-state index contributed by atoms with van der Waals surface area (Å²) in [5.74, 6) is 1.13. The van der Waals surface area contributed by atoms with Gasteiger partial charge < -0.3 is 10.2 Å². The molecule has 1 aliphatic heterocycles. The van der Waals surface area contributed by atoms with Crippen molar-refractivity contribution >= 4 is 23.6 Å². The van der Waals surface area contributed by atoms with Crippen LogP contribution in [0.5, 0.6) is 0 Å². The van der Waals surface area contributed by atoms with Gasteiger partial charge in [-0.2, -0.15) is 5.10 Å². The monoisotopic (exact) mass is 427 g/mol. The van der Waals surface area contributed by atoms with Gasteiger partial charge in [-0.05, 0) is 37.3 Å². The summed E-state index contributed by atoms with van der Waals surface area (Å²) in [6, 6.07) is 7.94. The molecule has 1 saturated carbocycles.